The Labute approximate surface area is 144 Å². The summed E-state index contributed by atoms with van der Waals surface area (Å²) in [6.07, 6.45) is 1.14. The van der Waals surface area contributed by atoms with Gasteiger partial charge in [-0.05, 0) is 49.4 Å². The zero-order valence-electron chi connectivity index (χ0n) is 13.5. The van der Waals surface area contributed by atoms with Crippen molar-refractivity contribution in [1.29, 1.82) is 0 Å². The van der Waals surface area contributed by atoms with E-state index in [1.165, 1.54) is 23.5 Å². The number of nitrogens with zero attached hydrogens (tertiary/aromatic N) is 1. The summed E-state index contributed by atoms with van der Waals surface area (Å²) in [6, 6.07) is 6.15. The summed E-state index contributed by atoms with van der Waals surface area (Å²) in [5.74, 6) is -0.476. The number of nitrogens with one attached hydrogen (secondary N) is 1. The van der Waals surface area contributed by atoms with Gasteiger partial charge in [-0.15, -0.1) is 0 Å². The second kappa shape index (κ2) is 7.32. The first-order valence-corrected chi connectivity index (χ1v) is 9.04. The molecule has 1 atom stereocenters. The SMILES string of the molecule is CC(NC(=O)c1ccsc1)c1cc(F)ccc1N1CCC(O)CC1. The molecule has 24 heavy (non-hydrogen) atoms. The molecule has 0 spiro atoms. The summed E-state index contributed by atoms with van der Waals surface area (Å²) in [5.41, 5.74) is 2.29. The van der Waals surface area contributed by atoms with Crippen molar-refractivity contribution in [3.63, 3.8) is 0 Å². The third kappa shape index (κ3) is 3.76. The molecule has 1 aliphatic rings. The van der Waals surface area contributed by atoms with Gasteiger partial charge >= 0.3 is 0 Å². The van der Waals surface area contributed by atoms with Gasteiger partial charge in [0, 0.05) is 29.7 Å². The number of benzene rings is 1. The fourth-order valence-electron chi connectivity index (χ4n) is 3.02. The van der Waals surface area contributed by atoms with E-state index in [0.717, 1.165) is 24.3 Å². The number of hydrogen-bond acceptors (Lipinski definition) is 4. The van der Waals surface area contributed by atoms with Gasteiger partial charge < -0.3 is 15.3 Å². The lowest BCUT2D eigenvalue weighted by Crippen LogP contribution is -2.37. The van der Waals surface area contributed by atoms with E-state index in [2.05, 4.69) is 10.2 Å². The minimum atomic E-state index is -0.317. The van der Waals surface area contributed by atoms with Gasteiger partial charge in [-0.3, -0.25) is 4.79 Å². The number of anilines is 1. The molecule has 1 aromatic heterocycles. The molecule has 3 rings (SSSR count). The molecule has 2 N–H and O–H groups in total. The first kappa shape index (κ1) is 16.9. The molecule has 1 amide bonds. The minimum absolute atomic E-state index is 0.159. The number of amides is 1. The van der Waals surface area contributed by atoms with Gasteiger partial charge in [0.15, 0.2) is 0 Å². The van der Waals surface area contributed by atoms with E-state index in [0.29, 0.717) is 18.4 Å². The minimum Gasteiger partial charge on any atom is -0.393 e. The van der Waals surface area contributed by atoms with Crippen molar-refractivity contribution in [2.45, 2.75) is 31.9 Å². The highest BCUT2D eigenvalue weighted by Crippen LogP contribution is 2.30. The number of thiophene rings is 1. The van der Waals surface area contributed by atoms with E-state index in [9.17, 15) is 14.3 Å². The first-order chi connectivity index (χ1) is 11.5. The van der Waals surface area contributed by atoms with Crippen LogP contribution < -0.4 is 10.2 Å². The number of hydrogen-bond donors (Lipinski definition) is 2. The standard InChI is InChI=1S/C18H21FN2O2S/c1-12(20-18(23)13-6-9-24-11-13)16-10-14(19)2-3-17(16)21-7-4-15(22)5-8-21/h2-3,6,9-12,15,22H,4-5,7-8H2,1H3,(H,20,23). The van der Waals surface area contributed by atoms with Crippen LogP contribution in [-0.4, -0.2) is 30.2 Å². The number of rotatable bonds is 4. The van der Waals surface area contributed by atoms with E-state index >= 15 is 0 Å². The first-order valence-electron chi connectivity index (χ1n) is 8.10. The lowest BCUT2D eigenvalue weighted by Gasteiger charge is -2.34. The Hall–Kier alpha value is -1.92. The molecule has 0 aliphatic carbocycles. The molecule has 2 heterocycles. The largest absolute Gasteiger partial charge is 0.393 e. The zero-order valence-corrected chi connectivity index (χ0v) is 14.4. The maximum atomic E-state index is 13.8. The van der Waals surface area contributed by atoms with Crippen molar-refractivity contribution in [1.82, 2.24) is 5.32 Å². The number of halogens is 1. The lowest BCUT2D eigenvalue weighted by atomic mass is 10.0. The Kier molecular flexibility index (Phi) is 5.16. The van der Waals surface area contributed by atoms with Gasteiger partial charge in [0.25, 0.3) is 5.91 Å². The Morgan fingerprint density at radius 1 is 1.38 bits per heavy atom. The number of piperidine rings is 1. The predicted octanol–water partition coefficient (Wildman–Crippen LogP) is 3.34. The zero-order chi connectivity index (χ0) is 17.1. The highest BCUT2D eigenvalue weighted by molar-refractivity contribution is 7.08. The van der Waals surface area contributed by atoms with Crippen LogP contribution in [-0.2, 0) is 0 Å². The van der Waals surface area contributed by atoms with Crippen LogP contribution >= 0.6 is 11.3 Å². The Balaban J connectivity index is 1.80. The Morgan fingerprint density at radius 3 is 2.79 bits per heavy atom. The van der Waals surface area contributed by atoms with Crippen molar-refractivity contribution < 1.29 is 14.3 Å². The van der Waals surface area contributed by atoms with E-state index in [4.69, 9.17) is 0 Å². The fraction of sp³-hybridized carbons (Fsp3) is 0.389. The predicted molar refractivity (Wildman–Crippen MR) is 94.1 cm³/mol. The van der Waals surface area contributed by atoms with Crippen molar-refractivity contribution >= 4 is 22.9 Å². The molecular formula is C18H21FN2O2S. The Bertz CT molecular complexity index is 697. The second-order valence-corrected chi connectivity index (χ2v) is 6.91. The third-order valence-corrected chi connectivity index (χ3v) is 5.08. The van der Waals surface area contributed by atoms with Gasteiger partial charge in [0.1, 0.15) is 5.82 Å². The molecule has 2 aromatic rings. The van der Waals surface area contributed by atoms with E-state index in [1.807, 2.05) is 12.3 Å². The molecule has 1 unspecified atom stereocenters. The van der Waals surface area contributed by atoms with Crippen LogP contribution in [0.5, 0.6) is 0 Å². The molecule has 0 bridgehead atoms. The summed E-state index contributed by atoms with van der Waals surface area (Å²) >= 11 is 1.47. The number of carbonyl (C=O) groups excluding carboxylic acids is 1. The van der Waals surface area contributed by atoms with E-state index in [1.54, 1.807) is 17.5 Å². The highest BCUT2D eigenvalue weighted by atomic mass is 32.1. The number of aliphatic hydroxyl groups excluding tert-OH is 1. The lowest BCUT2D eigenvalue weighted by molar-refractivity contribution is 0.0940. The molecule has 1 saturated heterocycles. The smallest absolute Gasteiger partial charge is 0.252 e. The van der Waals surface area contributed by atoms with Crippen molar-refractivity contribution in [3.8, 4) is 0 Å². The van der Waals surface area contributed by atoms with E-state index < -0.39 is 0 Å². The monoisotopic (exact) mass is 348 g/mol. The maximum absolute atomic E-state index is 13.8. The molecule has 1 aliphatic heterocycles. The van der Waals surface area contributed by atoms with Crippen molar-refractivity contribution in [2.24, 2.45) is 0 Å². The summed E-state index contributed by atoms with van der Waals surface area (Å²) in [5, 5.41) is 16.3. The summed E-state index contributed by atoms with van der Waals surface area (Å²) in [6.45, 7) is 3.32. The van der Waals surface area contributed by atoms with Gasteiger partial charge in [0.05, 0.1) is 17.7 Å². The molecule has 4 nitrogen and oxygen atoms in total. The van der Waals surface area contributed by atoms with Crippen LogP contribution in [0.2, 0.25) is 0 Å². The van der Waals surface area contributed by atoms with Crippen LogP contribution in [0.15, 0.2) is 35.0 Å². The maximum Gasteiger partial charge on any atom is 0.252 e. The van der Waals surface area contributed by atoms with Crippen LogP contribution in [0.1, 0.15) is 41.7 Å². The molecular weight excluding hydrogens is 327 g/mol. The van der Waals surface area contributed by atoms with Gasteiger partial charge in [0.2, 0.25) is 0 Å². The summed E-state index contributed by atoms with van der Waals surface area (Å²) in [4.78, 5) is 14.4. The molecule has 1 aromatic carbocycles. The van der Waals surface area contributed by atoms with E-state index in [-0.39, 0.29) is 23.9 Å². The summed E-state index contributed by atoms with van der Waals surface area (Å²) in [7, 11) is 0. The van der Waals surface area contributed by atoms with Crippen LogP contribution in [0.25, 0.3) is 0 Å². The molecule has 6 heteroatoms. The van der Waals surface area contributed by atoms with Crippen molar-refractivity contribution in [2.75, 3.05) is 18.0 Å². The molecule has 0 radical (unpaired) electrons. The quantitative estimate of drug-likeness (QED) is 0.891. The molecule has 1 fully saturated rings. The van der Waals surface area contributed by atoms with Gasteiger partial charge in [-0.2, -0.15) is 11.3 Å². The van der Waals surface area contributed by atoms with Crippen LogP contribution in [0, 0.1) is 5.82 Å². The average molecular weight is 348 g/mol. The average Bonchev–Trinajstić information content (AvgIpc) is 3.10. The Morgan fingerprint density at radius 2 is 2.12 bits per heavy atom. The van der Waals surface area contributed by atoms with Gasteiger partial charge in [-0.1, -0.05) is 0 Å². The third-order valence-electron chi connectivity index (χ3n) is 4.39. The van der Waals surface area contributed by atoms with Crippen LogP contribution in [0.3, 0.4) is 0 Å². The topological polar surface area (TPSA) is 52.6 Å². The fourth-order valence-corrected chi connectivity index (χ4v) is 3.65. The summed E-state index contributed by atoms with van der Waals surface area (Å²) < 4.78 is 13.8. The van der Waals surface area contributed by atoms with Gasteiger partial charge in [-0.25, -0.2) is 4.39 Å². The highest BCUT2D eigenvalue weighted by Gasteiger charge is 2.22. The van der Waals surface area contributed by atoms with Crippen LogP contribution in [0.4, 0.5) is 10.1 Å². The number of carbonyl (C=O) groups is 1. The normalized spacial score (nSPS) is 16.9. The van der Waals surface area contributed by atoms with Crippen molar-refractivity contribution in [3.05, 3.63) is 52.0 Å². The second-order valence-electron chi connectivity index (χ2n) is 6.13. The number of aliphatic hydroxyl groups is 1. The molecule has 128 valence electrons. The molecule has 0 saturated carbocycles.